The van der Waals surface area contributed by atoms with Crippen molar-refractivity contribution < 1.29 is 22.0 Å². The van der Waals surface area contributed by atoms with Crippen molar-refractivity contribution in [3.63, 3.8) is 0 Å². The lowest BCUT2D eigenvalue weighted by molar-refractivity contribution is 0.0612. The van der Waals surface area contributed by atoms with E-state index in [4.69, 9.17) is 6.42 Å². The smallest absolute Gasteiger partial charge is 0.319 e. The van der Waals surface area contributed by atoms with Crippen LogP contribution in [-0.2, 0) is 16.6 Å². The number of terminal acetylenes is 1. The van der Waals surface area contributed by atoms with Crippen molar-refractivity contribution in [2.24, 2.45) is 0 Å². The second-order valence-corrected chi connectivity index (χ2v) is 7.01. The van der Waals surface area contributed by atoms with Crippen LogP contribution in [0.15, 0.2) is 41.6 Å². The predicted molar refractivity (Wildman–Crippen MR) is 89.7 cm³/mol. The number of carbonyl (C=O) groups is 1. The van der Waals surface area contributed by atoms with E-state index in [9.17, 15) is 22.0 Å². The lowest BCUT2D eigenvalue weighted by Crippen LogP contribution is -2.28. The fourth-order valence-corrected chi connectivity index (χ4v) is 3.08. The second kappa shape index (κ2) is 8.07. The summed E-state index contributed by atoms with van der Waals surface area (Å²) in [5.74, 6) is 1.73. The Kier molecular flexibility index (Phi) is 6.07. The molecule has 1 aromatic heterocycles. The Morgan fingerprint density at radius 3 is 2.62 bits per heavy atom. The first kappa shape index (κ1) is 19.6. The molecular formula is C16H16F2N4O3S. The summed E-state index contributed by atoms with van der Waals surface area (Å²) in [6.07, 6.45) is 7.37. The quantitative estimate of drug-likeness (QED) is 0.735. The first-order valence-corrected chi connectivity index (χ1v) is 8.83. The molecule has 0 aliphatic heterocycles. The van der Waals surface area contributed by atoms with Crippen LogP contribution in [0.3, 0.4) is 0 Å². The van der Waals surface area contributed by atoms with Crippen molar-refractivity contribution in [1.82, 2.24) is 19.2 Å². The molecule has 26 heavy (non-hydrogen) atoms. The zero-order valence-corrected chi connectivity index (χ0v) is 14.6. The predicted octanol–water partition coefficient (Wildman–Crippen LogP) is 1.46. The molecule has 1 aromatic carbocycles. The van der Waals surface area contributed by atoms with E-state index >= 15 is 0 Å². The van der Waals surface area contributed by atoms with Crippen molar-refractivity contribution in [3.05, 3.63) is 48.0 Å². The van der Waals surface area contributed by atoms with E-state index in [1.807, 2.05) is 0 Å². The van der Waals surface area contributed by atoms with Gasteiger partial charge in [-0.25, -0.2) is 13.4 Å². The van der Waals surface area contributed by atoms with E-state index in [1.54, 1.807) is 0 Å². The molecule has 0 bridgehead atoms. The number of amides is 1. The van der Waals surface area contributed by atoms with Crippen molar-refractivity contribution in [2.75, 3.05) is 13.6 Å². The molecule has 0 unspecified atom stereocenters. The molecule has 0 fully saturated rings. The van der Waals surface area contributed by atoms with Crippen LogP contribution in [0.5, 0.6) is 0 Å². The molecule has 0 atom stereocenters. The van der Waals surface area contributed by atoms with Gasteiger partial charge in [0.25, 0.3) is 5.91 Å². The summed E-state index contributed by atoms with van der Waals surface area (Å²) in [6, 6.07) is 5.20. The molecule has 0 saturated carbocycles. The summed E-state index contributed by atoms with van der Waals surface area (Å²) in [5.41, 5.74) is 0.207. The molecule has 2 rings (SSSR count). The van der Waals surface area contributed by atoms with E-state index in [1.165, 1.54) is 42.4 Å². The first-order chi connectivity index (χ1) is 12.3. The van der Waals surface area contributed by atoms with Gasteiger partial charge in [-0.1, -0.05) is 5.92 Å². The number of hydrogen-bond acceptors (Lipinski definition) is 4. The Morgan fingerprint density at radius 1 is 1.38 bits per heavy atom. The van der Waals surface area contributed by atoms with E-state index in [-0.39, 0.29) is 29.4 Å². The number of rotatable bonds is 7. The van der Waals surface area contributed by atoms with E-state index in [2.05, 4.69) is 15.6 Å². The number of nitrogens with one attached hydrogen (secondary N) is 1. The number of carbonyl (C=O) groups excluding carboxylic acids is 1. The van der Waals surface area contributed by atoms with Gasteiger partial charge in [0.1, 0.15) is 5.82 Å². The van der Waals surface area contributed by atoms with Crippen LogP contribution in [0.4, 0.5) is 8.78 Å². The molecule has 2 aromatic rings. The maximum Gasteiger partial charge on any atom is 0.319 e. The number of imidazole rings is 1. The monoisotopic (exact) mass is 382 g/mol. The van der Waals surface area contributed by atoms with Crippen molar-refractivity contribution in [2.45, 2.75) is 18.0 Å². The van der Waals surface area contributed by atoms with Crippen LogP contribution >= 0.6 is 0 Å². The second-order valence-electron chi connectivity index (χ2n) is 5.24. The Labute approximate surface area is 149 Å². The third-order valence-electron chi connectivity index (χ3n) is 3.46. The average Bonchev–Trinajstić information content (AvgIpc) is 3.08. The maximum atomic E-state index is 12.8. The SMILES string of the molecule is C#CCNS(=O)(=O)c1ccc(C(=O)N(C)Cc2nccn2C(F)F)cc1. The standard InChI is InChI=1S/C16H16F2N4O3S/c1-3-8-20-26(24,25)13-6-4-12(5-7-13)15(23)21(2)11-14-19-9-10-22(14)16(17)18/h1,4-7,9-10,16,20H,8,11H2,2H3. The van der Waals surface area contributed by atoms with Crippen molar-refractivity contribution >= 4 is 15.9 Å². The molecule has 0 aliphatic carbocycles. The summed E-state index contributed by atoms with van der Waals surface area (Å²) in [7, 11) is -2.32. The van der Waals surface area contributed by atoms with Gasteiger partial charge in [0.15, 0.2) is 0 Å². The number of aromatic nitrogens is 2. The van der Waals surface area contributed by atoms with Crippen molar-refractivity contribution in [1.29, 1.82) is 0 Å². The van der Waals surface area contributed by atoms with Gasteiger partial charge in [-0.05, 0) is 24.3 Å². The number of halogens is 2. The van der Waals surface area contributed by atoms with Gasteiger partial charge < -0.3 is 4.90 Å². The first-order valence-electron chi connectivity index (χ1n) is 7.35. The average molecular weight is 382 g/mol. The Bertz CT molecular complexity index is 918. The highest BCUT2D eigenvalue weighted by Gasteiger charge is 2.19. The normalized spacial score (nSPS) is 11.3. The fourth-order valence-electron chi connectivity index (χ4n) is 2.15. The zero-order chi connectivity index (χ0) is 19.3. The lowest BCUT2D eigenvalue weighted by Gasteiger charge is -2.18. The van der Waals surface area contributed by atoms with Crippen molar-refractivity contribution in [3.8, 4) is 12.3 Å². The van der Waals surface area contributed by atoms with Gasteiger partial charge in [0.2, 0.25) is 10.0 Å². The van der Waals surface area contributed by atoms with Crippen LogP contribution < -0.4 is 4.72 Å². The summed E-state index contributed by atoms with van der Waals surface area (Å²) in [6.45, 7) is -3.03. The molecule has 1 amide bonds. The Morgan fingerprint density at radius 2 is 2.04 bits per heavy atom. The fraction of sp³-hybridized carbons (Fsp3) is 0.250. The van der Waals surface area contributed by atoms with Gasteiger partial charge in [-0.3, -0.25) is 9.36 Å². The molecule has 138 valence electrons. The minimum absolute atomic E-state index is 0.0357. The molecule has 0 aliphatic rings. The van der Waals surface area contributed by atoms with Crippen LogP contribution in [0.2, 0.25) is 0 Å². The van der Waals surface area contributed by atoms with Gasteiger partial charge in [0.05, 0.1) is 18.0 Å². The largest absolute Gasteiger partial charge is 0.334 e. The zero-order valence-electron chi connectivity index (χ0n) is 13.8. The van der Waals surface area contributed by atoms with Gasteiger partial charge in [-0.15, -0.1) is 6.42 Å². The highest BCUT2D eigenvalue weighted by molar-refractivity contribution is 7.89. The maximum absolute atomic E-state index is 12.8. The number of benzene rings is 1. The molecular weight excluding hydrogens is 366 g/mol. The molecule has 0 spiro atoms. The minimum Gasteiger partial charge on any atom is -0.334 e. The number of nitrogens with zero attached hydrogens (tertiary/aromatic N) is 3. The van der Waals surface area contributed by atoms with Crippen LogP contribution in [0.1, 0.15) is 22.7 Å². The molecule has 1 N–H and O–H groups in total. The van der Waals surface area contributed by atoms with E-state index in [0.29, 0.717) is 4.57 Å². The molecule has 7 nitrogen and oxygen atoms in total. The topological polar surface area (TPSA) is 84.3 Å². The van der Waals surface area contributed by atoms with Crippen LogP contribution in [0, 0.1) is 12.3 Å². The molecule has 1 heterocycles. The minimum atomic E-state index is -3.76. The number of sulfonamides is 1. The highest BCUT2D eigenvalue weighted by atomic mass is 32.2. The Hall–Kier alpha value is -2.77. The molecule has 0 radical (unpaired) electrons. The van der Waals surface area contributed by atoms with Gasteiger partial charge in [0, 0.05) is 25.0 Å². The van der Waals surface area contributed by atoms with Crippen LogP contribution in [0.25, 0.3) is 0 Å². The number of alkyl halides is 2. The third-order valence-corrected chi connectivity index (χ3v) is 4.88. The number of hydrogen-bond donors (Lipinski definition) is 1. The van der Waals surface area contributed by atoms with E-state index in [0.717, 1.165) is 6.20 Å². The lowest BCUT2D eigenvalue weighted by atomic mass is 10.2. The van der Waals surface area contributed by atoms with Gasteiger partial charge in [-0.2, -0.15) is 13.5 Å². The Balaban J connectivity index is 2.12. The molecule has 0 saturated heterocycles. The van der Waals surface area contributed by atoms with Crippen LogP contribution in [-0.4, -0.2) is 42.4 Å². The van der Waals surface area contributed by atoms with Gasteiger partial charge >= 0.3 is 6.55 Å². The summed E-state index contributed by atoms with van der Waals surface area (Å²) in [4.78, 5) is 17.4. The summed E-state index contributed by atoms with van der Waals surface area (Å²) < 4.78 is 52.4. The third kappa shape index (κ3) is 4.44. The summed E-state index contributed by atoms with van der Waals surface area (Å²) >= 11 is 0. The molecule has 10 heteroatoms. The summed E-state index contributed by atoms with van der Waals surface area (Å²) in [5, 5.41) is 0. The van der Waals surface area contributed by atoms with E-state index < -0.39 is 22.5 Å². The highest BCUT2D eigenvalue weighted by Crippen LogP contribution is 2.16.